The molecule has 2 N–H and O–H groups in total. The molecule has 3 saturated carbocycles. The van der Waals surface area contributed by atoms with E-state index in [2.05, 4.69) is 42.6 Å². The van der Waals surface area contributed by atoms with Gasteiger partial charge in [-0.3, -0.25) is 0 Å². The van der Waals surface area contributed by atoms with Crippen LogP contribution in [0.3, 0.4) is 0 Å². The molecule has 5 heteroatoms. The summed E-state index contributed by atoms with van der Waals surface area (Å²) in [5, 5.41) is 22.6. The fourth-order valence-electron chi connectivity index (χ4n) is 8.16. The van der Waals surface area contributed by atoms with Crippen LogP contribution in [-0.4, -0.2) is 37.7 Å². The van der Waals surface area contributed by atoms with Gasteiger partial charge in [-0.1, -0.05) is 37.3 Å². The van der Waals surface area contributed by atoms with Gasteiger partial charge >= 0.3 is 0 Å². The first-order valence-electron chi connectivity index (χ1n) is 12.5. The number of allylic oxidation sites excluding steroid dienone is 2. The smallest absolute Gasteiger partial charge is 0.167 e. The molecular weight excluding hydrogens is 404 g/mol. The maximum absolute atomic E-state index is 10.7. The van der Waals surface area contributed by atoms with E-state index in [-0.39, 0.29) is 28.5 Å². The molecule has 1 aromatic heterocycles. The fraction of sp³-hybridized carbons (Fsp3) is 0.808. The van der Waals surface area contributed by atoms with Crippen LogP contribution >= 0.6 is 11.8 Å². The number of aryl methyl sites for hydroxylation is 1. The molecule has 0 bridgehead atoms. The van der Waals surface area contributed by atoms with E-state index >= 15 is 0 Å². The number of aliphatic hydroxyl groups excluding tert-OH is 2. The zero-order chi connectivity index (χ0) is 21.9. The first-order chi connectivity index (χ1) is 14.8. The standard InChI is InChI=1S/C26H40N2O2S/c1-4-28-15-14-27-23(28)31-16-13-26-12-8-19-20-5-6-22(30)24(20,2)10-9-21(19)25(26,3)11-7-18(29)17-26/h9,14-15,18-20,22,29-30H,4-8,10-13,16-17H2,1-3H3/t18-,19-,20-,22-,24-,25+,26-/m0/s1. The van der Waals surface area contributed by atoms with Gasteiger partial charge in [-0.15, -0.1) is 0 Å². The zero-order valence-electron chi connectivity index (χ0n) is 19.5. The molecule has 0 spiro atoms. The molecule has 0 saturated heterocycles. The van der Waals surface area contributed by atoms with Crippen molar-refractivity contribution in [2.75, 3.05) is 5.75 Å². The summed E-state index contributed by atoms with van der Waals surface area (Å²) in [5.41, 5.74) is 2.15. The van der Waals surface area contributed by atoms with Crippen LogP contribution in [0.25, 0.3) is 0 Å². The van der Waals surface area contributed by atoms with Crippen molar-refractivity contribution < 1.29 is 10.2 Å². The van der Waals surface area contributed by atoms with Crippen LogP contribution in [0, 0.1) is 28.1 Å². The summed E-state index contributed by atoms with van der Waals surface area (Å²) < 4.78 is 2.23. The van der Waals surface area contributed by atoms with Gasteiger partial charge in [0.1, 0.15) is 0 Å². The molecule has 4 aliphatic rings. The highest BCUT2D eigenvalue weighted by Crippen LogP contribution is 2.69. The molecule has 0 aliphatic heterocycles. The van der Waals surface area contributed by atoms with Crippen LogP contribution in [0.4, 0.5) is 0 Å². The van der Waals surface area contributed by atoms with Crippen LogP contribution in [0.5, 0.6) is 0 Å². The maximum Gasteiger partial charge on any atom is 0.167 e. The minimum Gasteiger partial charge on any atom is -0.393 e. The second kappa shape index (κ2) is 7.92. The van der Waals surface area contributed by atoms with Gasteiger partial charge in [0.05, 0.1) is 12.2 Å². The van der Waals surface area contributed by atoms with Crippen molar-refractivity contribution >= 4 is 11.8 Å². The van der Waals surface area contributed by atoms with Gasteiger partial charge in [0.2, 0.25) is 0 Å². The van der Waals surface area contributed by atoms with E-state index in [0.29, 0.717) is 11.8 Å². The van der Waals surface area contributed by atoms with Crippen molar-refractivity contribution in [1.82, 2.24) is 9.55 Å². The Hall–Kier alpha value is -0.780. The normalized spacial score (nSPS) is 44.4. The molecule has 5 rings (SSSR count). The van der Waals surface area contributed by atoms with E-state index < -0.39 is 0 Å². The summed E-state index contributed by atoms with van der Waals surface area (Å²) in [7, 11) is 0. The number of hydrogen-bond acceptors (Lipinski definition) is 4. The molecule has 31 heavy (non-hydrogen) atoms. The number of aromatic nitrogens is 2. The first-order valence-corrected chi connectivity index (χ1v) is 13.5. The van der Waals surface area contributed by atoms with Crippen LogP contribution in [-0.2, 0) is 6.54 Å². The first kappa shape index (κ1) is 22.0. The quantitative estimate of drug-likeness (QED) is 0.469. The number of hydrogen-bond donors (Lipinski definition) is 2. The van der Waals surface area contributed by atoms with Crippen molar-refractivity contribution in [2.45, 2.75) is 102 Å². The third kappa shape index (κ3) is 3.28. The predicted octanol–water partition coefficient (Wildman–Crippen LogP) is 5.44. The van der Waals surface area contributed by atoms with Crippen LogP contribution in [0.1, 0.15) is 78.6 Å². The summed E-state index contributed by atoms with van der Waals surface area (Å²) in [4.78, 5) is 4.56. The van der Waals surface area contributed by atoms with Gasteiger partial charge in [-0.05, 0) is 87.4 Å². The topological polar surface area (TPSA) is 58.3 Å². The number of rotatable bonds is 5. The third-order valence-electron chi connectivity index (χ3n) is 10.2. The lowest BCUT2D eigenvalue weighted by Crippen LogP contribution is -2.55. The Morgan fingerprint density at radius 3 is 2.81 bits per heavy atom. The number of aliphatic hydroxyl groups is 2. The SMILES string of the molecule is CCn1ccnc1SCC[C@]12CC[C@@H]3C(=CC[C@]4(C)[C@@H](O)CC[C@@H]34)[C@@]1(C)CC[C@H](O)C2. The molecule has 4 aliphatic carbocycles. The lowest BCUT2D eigenvalue weighted by molar-refractivity contribution is -0.0866. The average molecular weight is 445 g/mol. The van der Waals surface area contributed by atoms with Gasteiger partial charge in [0.15, 0.2) is 5.16 Å². The van der Waals surface area contributed by atoms with Crippen LogP contribution in [0.15, 0.2) is 29.2 Å². The Balaban J connectivity index is 1.41. The Morgan fingerprint density at radius 1 is 1.16 bits per heavy atom. The van der Waals surface area contributed by atoms with E-state index in [1.807, 2.05) is 18.0 Å². The summed E-state index contributed by atoms with van der Waals surface area (Å²) in [6.07, 6.45) is 16.0. The van der Waals surface area contributed by atoms with Crippen molar-refractivity contribution in [1.29, 1.82) is 0 Å². The third-order valence-corrected chi connectivity index (χ3v) is 11.2. The molecule has 3 fully saturated rings. The minimum absolute atomic E-state index is 0.0752. The molecule has 0 unspecified atom stereocenters. The summed E-state index contributed by atoms with van der Waals surface area (Å²) in [6.45, 7) is 8.00. The number of thioether (sulfide) groups is 1. The molecule has 0 radical (unpaired) electrons. The van der Waals surface area contributed by atoms with Crippen molar-refractivity contribution in [3.63, 3.8) is 0 Å². The van der Waals surface area contributed by atoms with Crippen molar-refractivity contribution in [3.05, 3.63) is 24.0 Å². The Kier molecular flexibility index (Phi) is 5.63. The minimum atomic E-state index is -0.157. The van der Waals surface area contributed by atoms with Crippen LogP contribution in [0.2, 0.25) is 0 Å². The molecule has 0 aromatic carbocycles. The molecule has 4 nitrogen and oxygen atoms in total. The molecule has 1 aromatic rings. The number of imidazole rings is 1. The highest BCUT2D eigenvalue weighted by Gasteiger charge is 2.61. The van der Waals surface area contributed by atoms with Crippen LogP contribution < -0.4 is 0 Å². The summed E-state index contributed by atoms with van der Waals surface area (Å²) in [5.74, 6) is 2.34. The second-order valence-electron chi connectivity index (χ2n) is 11.3. The Morgan fingerprint density at radius 2 is 2.00 bits per heavy atom. The molecule has 0 amide bonds. The maximum atomic E-state index is 10.7. The van der Waals surface area contributed by atoms with E-state index in [1.165, 1.54) is 19.3 Å². The molecule has 7 atom stereocenters. The fourth-order valence-corrected chi connectivity index (χ4v) is 9.32. The number of nitrogens with zero attached hydrogens (tertiary/aromatic N) is 2. The summed E-state index contributed by atoms with van der Waals surface area (Å²) >= 11 is 1.88. The Bertz CT molecular complexity index is 852. The molecule has 1 heterocycles. The predicted molar refractivity (Wildman–Crippen MR) is 126 cm³/mol. The van der Waals surface area contributed by atoms with Crippen molar-refractivity contribution in [2.24, 2.45) is 28.1 Å². The Labute approximate surface area is 191 Å². The van der Waals surface area contributed by atoms with E-state index in [9.17, 15) is 10.2 Å². The van der Waals surface area contributed by atoms with Crippen molar-refractivity contribution in [3.8, 4) is 0 Å². The van der Waals surface area contributed by atoms with E-state index in [1.54, 1.807) is 5.57 Å². The van der Waals surface area contributed by atoms with Gasteiger partial charge in [0, 0.05) is 30.1 Å². The largest absolute Gasteiger partial charge is 0.393 e. The second-order valence-corrected chi connectivity index (χ2v) is 12.4. The van der Waals surface area contributed by atoms with Gasteiger partial charge in [0.25, 0.3) is 0 Å². The average Bonchev–Trinajstić information content (AvgIpc) is 3.33. The van der Waals surface area contributed by atoms with Gasteiger partial charge in [-0.2, -0.15) is 0 Å². The lowest BCUT2D eigenvalue weighted by Gasteiger charge is -2.62. The van der Waals surface area contributed by atoms with E-state index in [0.717, 1.165) is 56.0 Å². The lowest BCUT2D eigenvalue weighted by atomic mass is 9.42. The van der Waals surface area contributed by atoms with Gasteiger partial charge < -0.3 is 14.8 Å². The van der Waals surface area contributed by atoms with Gasteiger partial charge in [-0.25, -0.2) is 4.98 Å². The summed E-state index contributed by atoms with van der Waals surface area (Å²) in [6, 6.07) is 0. The highest BCUT2D eigenvalue weighted by molar-refractivity contribution is 7.99. The molecule has 172 valence electrons. The monoisotopic (exact) mass is 444 g/mol. The highest BCUT2D eigenvalue weighted by atomic mass is 32.2. The van der Waals surface area contributed by atoms with E-state index in [4.69, 9.17) is 0 Å². The number of fused-ring (bicyclic) bond motifs is 5. The molecular formula is C26H40N2O2S. The zero-order valence-corrected chi connectivity index (χ0v) is 20.3.